The van der Waals surface area contributed by atoms with Gasteiger partial charge >= 0.3 is 0 Å². The third kappa shape index (κ3) is 2.96. The van der Waals surface area contributed by atoms with Crippen molar-refractivity contribution in [1.29, 1.82) is 5.41 Å². The first kappa shape index (κ1) is 15.7. The number of carbonyl (C=O) groups excluding carboxylic acids is 1. The number of hydrogen-bond acceptors (Lipinski definition) is 3. The molecule has 3 aromatic rings. The van der Waals surface area contributed by atoms with Crippen molar-refractivity contribution in [1.82, 2.24) is 10.3 Å². The molecule has 0 aliphatic heterocycles. The van der Waals surface area contributed by atoms with Crippen LogP contribution in [-0.4, -0.2) is 17.4 Å². The molecule has 0 atom stereocenters. The van der Waals surface area contributed by atoms with Crippen molar-refractivity contribution in [2.45, 2.75) is 13.8 Å². The SMILES string of the molecule is Cc1cccc(C)c1-c1cc(NC(=N)NC=O)c2ccccc2n1. The summed E-state index contributed by atoms with van der Waals surface area (Å²) in [4.78, 5) is 15.3. The molecule has 3 N–H and O–H groups in total. The van der Waals surface area contributed by atoms with E-state index in [1.54, 1.807) is 0 Å². The Morgan fingerprint density at radius 2 is 1.79 bits per heavy atom. The van der Waals surface area contributed by atoms with Gasteiger partial charge in [0.25, 0.3) is 0 Å². The van der Waals surface area contributed by atoms with Crippen LogP contribution < -0.4 is 10.6 Å². The summed E-state index contributed by atoms with van der Waals surface area (Å²) in [6.45, 7) is 4.12. The lowest BCUT2D eigenvalue weighted by Gasteiger charge is -2.14. The molecule has 120 valence electrons. The standard InChI is InChI=1S/C19H18N4O/c1-12-6-5-7-13(2)18(12)17-10-16(23-19(20)21-11-24)14-8-3-4-9-15(14)22-17/h3-11H,1-2H3,(H3,20,21,22,23,24). The number of carbonyl (C=O) groups is 1. The van der Waals surface area contributed by atoms with Crippen LogP contribution in [0.1, 0.15) is 11.1 Å². The number of aryl methyl sites for hydroxylation is 2. The number of hydrogen-bond donors (Lipinski definition) is 3. The van der Waals surface area contributed by atoms with Crippen LogP contribution in [0.15, 0.2) is 48.5 Å². The van der Waals surface area contributed by atoms with Gasteiger partial charge in [-0.3, -0.25) is 15.5 Å². The highest BCUT2D eigenvalue weighted by atomic mass is 16.1. The molecule has 1 heterocycles. The highest BCUT2D eigenvalue weighted by Gasteiger charge is 2.12. The number of nitrogens with zero attached hydrogens (tertiary/aromatic N) is 1. The van der Waals surface area contributed by atoms with E-state index in [-0.39, 0.29) is 5.96 Å². The van der Waals surface area contributed by atoms with Crippen LogP contribution in [-0.2, 0) is 4.79 Å². The van der Waals surface area contributed by atoms with E-state index in [0.29, 0.717) is 6.41 Å². The lowest BCUT2D eigenvalue weighted by Crippen LogP contribution is -2.28. The van der Waals surface area contributed by atoms with Crippen LogP contribution in [0.25, 0.3) is 22.2 Å². The number of rotatable bonds is 3. The zero-order valence-corrected chi connectivity index (χ0v) is 13.6. The van der Waals surface area contributed by atoms with Crippen molar-refractivity contribution >= 4 is 29.0 Å². The van der Waals surface area contributed by atoms with Gasteiger partial charge < -0.3 is 5.32 Å². The molecular weight excluding hydrogens is 300 g/mol. The van der Waals surface area contributed by atoms with Gasteiger partial charge in [-0.15, -0.1) is 0 Å². The molecule has 0 fully saturated rings. The summed E-state index contributed by atoms with van der Waals surface area (Å²) in [5, 5.41) is 13.9. The van der Waals surface area contributed by atoms with Gasteiger partial charge in [-0.2, -0.15) is 0 Å². The van der Waals surface area contributed by atoms with E-state index in [1.165, 1.54) is 0 Å². The predicted molar refractivity (Wildman–Crippen MR) is 97.2 cm³/mol. The fraction of sp³-hybridized carbons (Fsp3) is 0.105. The molecule has 0 aliphatic carbocycles. The van der Waals surface area contributed by atoms with Crippen LogP contribution >= 0.6 is 0 Å². The number of amides is 1. The summed E-state index contributed by atoms with van der Waals surface area (Å²) in [6.07, 6.45) is 0.477. The molecule has 0 bridgehead atoms. The fourth-order valence-electron chi connectivity index (χ4n) is 2.86. The summed E-state index contributed by atoms with van der Waals surface area (Å²) >= 11 is 0. The summed E-state index contributed by atoms with van der Waals surface area (Å²) in [5.41, 5.74) is 5.78. The maximum Gasteiger partial charge on any atom is 0.213 e. The lowest BCUT2D eigenvalue weighted by atomic mass is 9.98. The average molecular weight is 318 g/mol. The van der Waals surface area contributed by atoms with Gasteiger partial charge in [0.1, 0.15) is 0 Å². The second kappa shape index (κ2) is 6.50. The molecule has 3 rings (SSSR count). The van der Waals surface area contributed by atoms with Gasteiger partial charge in [-0.25, -0.2) is 4.98 Å². The molecule has 1 aromatic heterocycles. The van der Waals surface area contributed by atoms with Crippen LogP contribution in [0.2, 0.25) is 0 Å². The smallest absolute Gasteiger partial charge is 0.213 e. The average Bonchev–Trinajstić information content (AvgIpc) is 2.55. The van der Waals surface area contributed by atoms with Crippen LogP contribution in [0, 0.1) is 19.3 Å². The van der Waals surface area contributed by atoms with E-state index in [2.05, 4.69) is 36.6 Å². The second-order valence-electron chi connectivity index (χ2n) is 5.60. The topological polar surface area (TPSA) is 77.9 Å². The first-order chi connectivity index (χ1) is 11.6. The summed E-state index contributed by atoms with van der Waals surface area (Å²) in [6, 6.07) is 15.8. The second-order valence-corrected chi connectivity index (χ2v) is 5.60. The monoisotopic (exact) mass is 318 g/mol. The Balaban J connectivity index is 2.20. The third-order valence-electron chi connectivity index (χ3n) is 3.92. The van der Waals surface area contributed by atoms with E-state index < -0.39 is 0 Å². The number of aromatic nitrogens is 1. The number of benzene rings is 2. The highest BCUT2D eigenvalue weighted by Crippen LogP contribution is 2.31. The fourth-order valence-corrected chi connectivity index (χ4v) is 2.86. The molecule has 0 unspecified atom stereocenters. The van der Waals surface area contributed by atoms with E-state index in [9.17, 15) is 4.79 Å². The zero-order chi connectivity index (χ0) is 17.1. The Labute approximate surface area is 140 Å². The van der Waals surface area contributed by atoms with Gasteiger partial charge in [0.15, 0.2) is 5.96 Å². The lowest BCUT2D eigenvalue weighted by molar-refractivity contribution is -0.108. The van der Waals surface area contributed by atoms with Gasteiger partial charge in [0.05, 0.1) is 16.9 Å². The molecule has 0 aliphatic rings. The van der Waals surface area contributed by atoms with Gasteiger partial charge in [0.2, 0.25) is 6.41 Å². The highest BCUT2D eigenvalue weighted by molar-refractivity contribution is 6.04. The summed E-state index contributed by atoms with van der Waals surface area (Å²) < 4.78 is 0. The number of pyridine rings is 1. The molecular formula is C19H18N4O. The molecule has 0 spiro atoms. The number of fused-ring (bicyclic) bond motifs is 1. The van der Waals surface area contributed by atoms with Crippen molar-refractivity contribution < 1.29 is 4.79 Å². The van der Waals surface area contributed by atoms with Crippen LogP contribution in [0.5, 0.6) is 0 Å². The maximum absolute atomic E-state index is 10.5. The van der Waals surface area contributed by atoms with Crippen molar-refractivity contribution in [3.05, 3.63) is 59.7 Å². The number of anilines is 1. The molecule has 5 nitrogen and oxygen atoms in total. The largest absolute Gasteiger partial charge is 0.325 e. The van der Waals surface area contributed by atoms with Gasteiger partial charge in [0, 0.05) is 10.9 Å². The minimum atomic E-state index is -0.0752. The first-order valence-corrected chi connectivity index (χ1v) is 7.62. The molecule has 0 radical (unpaired) electrons. The Kier molecular flexibility index (Phi) is 4.24. The number of para-hydroxylation sites is 1. The van der Waals surface area contributed by atoms with Gasteiger partial charge in [-0.1, -0.05) is 36.4 Å². The van der Waals surface area contributed by atoms with Crippen LogP contribution in [0.4, 0.5) is 5.69 Å². The minimum Gasteiger partial charge on any atom is -0.325 e. The zero-order valence-electron chi connectivity index (χ0n) is 13.6. The quantitative estimate of drug-likeness (QED) is 0.392. The van der Waals surface area contributed by atoms with Crippen molar-refractivity contribution in [2.24, 2.45) is 0 Å². The Hall–Kier alpha value is -3.21. The molecule has 1 amide bonds. The van der Waals surface area contributed by atoms with Crippen molar-refractivity contribution in [3.63, 3.8) is 0 Å². The van der Waals surface area contributed by atoms with Crippen molar-refractivity contribution in [3.8, 4) is 11.3 Å². The van der Waals surface area contributed by atoms with E-state index >= 15 is 0 Å². The van der Waals surface area contributed by atoms with E-state index in [0.717, 1.165) is 39.0 Å². The summed E-state index contributed by atoms with van der Waals surface area (Å²) in [5.74, 6) is -0.0752. The minimum absolute atomic E-state index is 0.0752. The Bertz CT molecular complexity index is 914. The third-order valence-corrected chi connectivity index (χ3v) is 3.92. The molecule has 5 heteroatoms. The van der Waals surface area contributed by atoms with Crippen LogP contribution in [0.3, 0.4) is 0 Å². The van der Waals surface area contributed by atoms with E-state index in [4.69, 9.17) is 10.4 Å². The summed E-state index contributed by atoms with van der Waals surface area (Å²) in [7, 11) is 0. The van der Waals surface area contributed by atoms with E-state index in [1.807, 2.05) is 36.4 Å². The van der Waals surface area contributed by atoms with Crippen molar-refractivity contribution in [2.75, 3.05) is 5.32 Å². The molecule has 0 saturated heterocycles. The predicted octanol–water partition coefficient (Wildman–Crippen LogP) is 3.61. The maximum atomic E-state index is 10.5. The Morgan fingerprint density at radius 3 is 2.50 bits per heavy atom. The molecule has 24 heavy (non-hydrogen) atoms. The molecule has 2 aromatic carbocycles. The first-order valence-electron chi connectivity index (χ1n) is 7.62. The Morgan fingerprint density at radius 1 is 1.08 bits per heavy atom. The number of nitrogens with one attached hydrogen (secondary N) is 3. The molecule has 0 saturated carbocycles. The number of guanidine groups is 1. The normalized spacial score (nSPS) is 10.4. The van der Waals surface area contributed by atoms with Gasteiger partial charge in [-0.05, 0) is 37.1 Å².